The number of benzene rings is 2. The third kappa shape index (κ3) is 4.62. The molecular formula is C15H14F4N2O8S4. The van der Waals surface area contributed by atoms with Gasteiger partial charge in [-0.3, -0.25) is 0 Å². The number of nitrogens with zero attached hydrogens (tertiary/aromatic N) is 1. The topological polar surface area (TPSA) is 152 Å². The van der Waals surface area contributed by atoms with Gasteiger partial charge >= 0.3 is 20.5 Å². The molecule has 0 atom stereocenters. The predicted octanol–water partition coefficient (Wildman–Crippen LogP) is 1.13. The van der Waals surface area contributed by atoms with Gasteiger partial charge in [-0.15, -0.1) is 0 Å². The Kier molecular flexibility index (Phi) is 7.06. The van der Waals surface area contributed by atoms with E-state index < -0.39 is 64.1 Å². The van der Waals surface area contributed by atoms with Gasteiger partial charge in [0.1, 0.15) is 0 Å². The van der Waals surface area contributed by atoms with Crippen LogP contribution in [0.1, 0.15) is 0 Å². The van der Waals surface area contributed by atoms with Crippen molar-refractivity contribution in [3.8, 4) is 0 Å². The minimum Gasteiger partial charge on any atom is -0.206 e. The molecule has 0 fully saturated rings. The molecule has 0 aliphatic rings. The van der Waals surface area contributed by atoms with Crippen LogP contribution in [-0.4, -0.2) is 54.9 Å². The van der Waals surface area contributed by atoms with E-state index in [9.17, 15) is 51.2 Å². The Hall–Kier alpha value is -2.12. The summed E-state index contributed by atoms with van der Waals surface area (Å²) in [5.41, 5.74) is 0. The average Bonchev–Trinajstić information content (AvgIpc) is 2.73. The van der Waals surface area contributed by atoms with Crippen LogP contribution in [0.25, 0.3) is 0 Å². The summed E-state index contributed by atoms with van der Waals surface area (Å²) in [6, 6.07) is 9.82. The number of sulfonamides is 4. The Bertz CT molecular complexity index is 1450. The van der Waals surface area contributed by atoms with E-state index in [2.05, 4.69) is 0 Å². The van der Waals surface area contributed by atoms with E-state index in [1.165, 1.54) is 12.1 Å². The Balaban J connectivity index is 2.54. The van der Waals surface area contributed by atoms with E-state index in [4.69, 9.17) is 0 Å². The van der Waals surface area contributed by atoms with Crippen molar-refractivity contribution in [2.75, 3.05) is 7.05 Å². The third-order valence-electron chi connectivity index (χ3n) is 3.99. The summed E-state index contributed by atoms with van der Waals surface area (Å²) in [4.78, 5) is -1.80. The number of hydrogen-bond acceptors (Lipinski definition) is 8. The Morgan fingerprint density at radius 3 is 1.48 bits per heavy atom. The molecule has 0 aromatic heterocycles. The van der Waals surface area contributed by atoms with Crippen molar-refractivity contribution in [1.82, 2.24) is 7.84 Å². The molecule has 0 spiro atoms. The molecule has 0 aliphatic heterocycles. The largest absolute Gasteiger partial charge is 0.438 e. The van der Waals surface area contributed by atoms with Crippen molar-refractivity contribution in [3.05, 3.63) is 60.7 Å². The lowest BCUT2D eigenvalue weighted by molar-refractivity contribution is -0.0987. The van der Waals surface area contributed by atoms with Gasteiger partial charge in [-0.2, -0.15) is 17.6 Å². The smallest absolute Gasteiger partial charge is 0.206 e. The van der Waals surface area contributed by atoms with Crippen LogP contribution in [0.5, 0.6) is 0 Å². The second kappa shape index (κ2) is 8.58. The van der Waals surface area contributed by atoms with Gasteiger partial charge in [0.05, 0.1) is 9.79 Å². The van der Waals surface area contributed by atoms with Gasteiger partial charge in [-0.25, -0.2) is 33.7 Å². The molecule has 0 amide bonds. The summed E-state index contributed by atoms with van der Waals surface area (Å²) in [5, 5.41) is -13.3. The van der Waals surface area contributed by atoms with E-state index in [1.54, 1.807) is 0 Å². The van der Waals surface area contributed by atoms with E-state index in [1.807, 2.05) is 0 Å². The van der Waals surface area contributed by atoms with Crippen molar-refractivity contribution in [2.45, 2.75) is 20.3 Å². The highest BCUT2D eigenvalue weighted by atomic mass is 32.3. The molecule has 0 radical (unpaired) electrons. The molecule has 0 saturated heterocycles. The first-order chi connectivity index (χ1) is 14.8. The van der Waals surface area contributed by atoms with E-state index >= 15 is 0 Å². The SMILES string of the molecule is CN(S(=O)(=O)c1ccccc1)S(=O)(=O)C(F)(F)C(F)(F)S(=O)(=O)NS(=O)(=O)c1ccccc1. The maximum atomic E-state index is 14.5. The lowest BCUT2D eigenvalue weighted by Gasteiger charge is -2.29. The maximum absolute atomic E-state index is 14.5. The summed E-state index contributed by atoms with van der Waals surface area (Å²) in [7, 11) is -24.7. The first kappa shape index (κ1) is 27.1. The van der Waals surface area contributed by atoms with Gasteiger partial charge in [0.2, 0.25) is 0 Å². The molecule has 184 valence electrons. The quantitative estimate of drug-likeness (QED) is 0.453. The van der Waals surface area contributed by atoms with E-state index in [0.29, 0.717) is 4.13 Å². The van der Waals surface area contributed by atoms with Gasteiger partial charge in [0.25, 0.3) is 30.1 Å². The molecule has 0 bridgehead atoms. The number of halogens is 4. The first-order valence-electron chi connectivity index (χ1n) is 8.20. The molecule has 10 nitrogen and oxygen atoms in total. The van der Waals surface area contributed by atoms with Crippen LogP contribution in [0.2, 0.25) is 0 Å². The van der Waals surface area contributed by atoms with Crippen LogP contribution < -0.4 is 4.13 Å². The zero-order valence-electron chi connectivity index (χ0n) is 16.1. The van der Waals surface area contributed by atoms with Crippen molar-refractivity contribution >= 4 is 40.1 Å². The van der Waals surface area contributed by atoms with Crippen LogP contribution in [0.3, 0.4) is 0 Å². The Labute approximate surface area is 187 Å². The molecule has 18 heteroatoms. The van der Waals surface area contributed by atoms with E-state index in [0.717, 1.165) is 48.5 Å². The number of alkyl halides is 4. The monoisotopic (exact) mass is 554 g/mol. The molecule has 0 saturated carbocycles. The van der Waals surface area contributed by atoms with Crippen LogP contribution in [0.4, 0.5) is 17.6 Å². The predicted molar refractivity (Wildman–Crippen MR) is 106 cm³/mol. The van der Waals surface area contributed by atoms with Crippen molar-refractivity contribution in [3.63, 3.8) is 0 Å². The molecule has 1 N–H and O–H groups in total. The molecule has 0 aliphatic carbocycles. The zero-order chi connectivity index (χ0) is 25.5. The highest BCUT2D eigenvalue weighted by molar-refractivity contribution is 8.07. The van der Waals surface area contributed by atoms with Gasteiger partial charge < -0.3 is 0 Å². The Morgan fingerprint density at radius 2 is 1.06 bits per heavy atom. The van der Waals surface area contributed by atoms with Gasteiger partial charge in [-0.1, -0.05) is 44.2 Å². The second-order valence-corrected chi connectivity index (χ2v) is 14.0. The molecule has 2 aromatic rings. The van der Waals surface area contributed by atoms with Gasteiger partial charge in [-0.05, 0) is 24.3 Å². The fourth-order valence-corrected chi connectivity index (χ4v) is 8.61. The number of nitrogens with one attached hydrogen (secondary N) is 1. The summed E-state index contributed by atoms with van der Waals surface area (Å²) in [6.07, 6.45) is 0. The first-order valence-corrected chi connectivity index (χ1v) is 14.0. The summed E-state index contributed by atoms with van der Waals surface area (Å²) in [5.74, 6) is 0. The highest BCUT2D eigenvalue weighted by Crippen LogP contribution is 2.44. The van der Waals surface area contributed by atoms with Crippen LogP contribution >= 0.6 is 0 Å². The standard InChI is InChI=1S/C15H14F4N2O8S4/c1-21(31(24,25)13-10-6-3-7-11-13)33(28,29)15(18,19)14(16,17)32(26,27)20-30(22,23)12-8-4-2-5-9-12/h2-11,20H,1H3. The summed E-state index contributed by atoms with van der Waals surface area (Å²) < 4.78 is 154. The van der Waals surface area contributed by atoms with Crippen molar-refractivity contribution in [2.24, 2.45) is 0 Å². The number of rotatable bonds is 9. The fourth-order valence-electron chi connectivity index (χ4n) is 2.18. The average molecular weight is 555 g/mol. The summed E-state index contributed by atoms with van der Waals surface area (Å²) >= 11 is 0. The van der Waals surface area contributed by atoms with Gasteiger partial charge in [0, 0.05) is 7.05 Å². The summed E-state index contributed by atoms with van der Waals surface area (Å²) in [6.45, 7) is 0. The molecule has 33 heavy (non-hydrogen) atoms. The Morgan fingerprint density at radius 1 is 0.667 bits per heavy atom. The third-order valence-corrected chi connectivity index (χ3v) is 12.0. The maximum Gasteiger partial charge on any atom is 0.438 e. The van der Waals surface area contributed by atoms with Gasteiger partial charge in [0.15, 0.2) is 0 Å². The molecular weight excluding hydrogens is 540 g/mol. The minimum atomic E-state index is -6.97. The van der Waals surface area contributed by atoms with Crippen LogP contribution in [-0.2, 0) is 40.1 Å². The van der Waals surface area contributed by atoms with Crippen molar-refractivity contribution < 1.29 is 51.2 Å². The normalized spacial score (nSPS) is 14.4. The lowest BCUT2D eigenvalue weighted by atomic mass is 10.4. The minimum absolute atomic E-state index is 0.0115. The lowest BCUT2D eigenvalue weighted by Crippen LogP contribution is -2.59. The zero-order valence-corrected chi connectivity index (χ0v) is 19.4. The molecule has 0 heterocycles. The molecule has 2 rings (SSSR count). The van der Waals surface area contributed by atoms with E-state index in [-0.39, 0.29) is 7.05 Å². The highest BCUT2D eigenvalue weighted by Gasteiger charge is 2.75. The van der Waals surface area contributed by atoms with Crippen LogP contribution in [0, 0.1) is 0 Å². The second-order valence-electron chi connectivity index (χ2n) is 6.14. The number of hydrogen-bond donors (Lipinski definition) is 1. The van der Waals surface area contributed by atoms with Crippen LogP contribution in [0.15, 0.2) is 70.5 Å². The van der Waals surface area contributed by atoms with Crippen molar-refractivity contribution in [1.29, 1.82) is 0 Å². The molecule has 0 unspecified atom stereocenters. The molecule has 2 aromatic carbocycles. The fraction of sp³-hybridized carbons (Fsp3) is 0.200.